The summed E-state index contributed by atoms with van der Waals surface area (Å²) in [5, 5.41) is 1.39. The van der Waals surface area contributed by atoms with Gasteiger partial charge in [0.1, 0.15) is 5.75 Å². The van der Waals surface area contributed by atoms with Crippen molar-refractivity contribution in [1.29, 1.82) is 0 Å². The molecular weight excluding hydrogens is 374 g/mol. The summed E-state index contributed by atoms with van der Waals surface area (Å²) < 4.78 is 33.7. The average molecular weight is 395 g/mol. The predicted molar refractivity (Wildman–Crippen MR) is 108 cm³/mol. The van der Waals surface area contributed by atoms with Crippen molar-refractivity contribution in [2.75, 3.05) is 7.11 Å². The van der Waals surface area contributed by atoms with Gasteiger partial charge in [-0.15, -0.1) is 0 Å². The zero-order valence-corrected chi connectivity index (χ0v) is 16.5. The van der Waals surface area contributed by atoms with Crippen LogP contribution >= 0.6 is 0 Å². The van der Waals surface area contributed by atoms with Crippen LogP contribution < -0.4 is 9.46 Å². The molecule has 0 saturated carbocycles. The van der Waals surface area contributed by atoms with Crippen LogP contribution in [0.15, 0.2) is 65.6 Å². The van der Waals surface area contributed by atoms with Crippen molar-refractivity contribution in [3.05, 3.63) is 71.8 Å². The summed E-state index contributed by atoms with van der Waals surface area (Å²) >= 11 is 0. The molecule has 1 aliphatic carbocycles. The van der Waals surface area contributed by atoms with Crippen LogP contribution in [-0.4, -0.2) is 21.4 Å². The first-order chi connectivity index (χ1) is 13.3. The molecular formula is C22H21NO4S. The van der Waals surface area contributed by atoms with E-state index in [9.17, 15) is 13.2 Å². The van der Waals surface area contributed by atoms with Crippen LogP contribution in [0.3, 0.4) is 0 Å². The molecule has 4 rings (SSSR count). The van der Waals surface area contributed by atoms with E-state index in [0.29, 0.717) is 17.6 Å². The zero-order valence-electron chi connectivity index (χ0n) is 15.7. The number of hydrogen-bond acceptors (Lipinski definition) is 4. The maximum absolute atomic E-state index is 13.1. The number of nitrogens with one attached hydrogen (secondary N) is 1. The van der Waals surface area contributed by atoms with Crippen molar-refractivity contribution in [1.82, 2.24) is 4.72 Å². The van der Waals surface area contributed by atoms with Gasteiger partial charge in [0.25, 0.3) is 10.0 Å². The fourth-order valence-corrected chi connectivity index (χ4v) is 5.20. The van der Waals surface area contributed by atoms with E-state index < -0.39 is 21.3 Å². The second-order valence-electron chi connectivity index (χ2n) is 7.27. The van der Waals surface area contributed by atoms with E-state index >= 15 is 0 Å². The highest BCUT2D eigenvalue weighted by Gasteiger charge is 2.43. The highest BCUT2D eigenvalue weighted by molar-refractivity contribution is 7.90. The summed E-state index contributed by atoms with van der Waals surface area (Å²) in [5.74, 6) is 0.129. The SMILES string of the molecule is COc1ccc2c(c1)[C@](C)(C(=O)NS(=O)(=O)c1cccc3ccccc13)CC2. The van der Waals surface area contributed by atoms with Crippen LogP contribution in [0.25, 0.3) is 10.8 Å². The quantitative estimate of drug-likeness (QED) is 0.733. The van der Waals surface area contributed by atoms with Crippen molar-refractivity contribution in [3.8, 4) is 5.75 Å². The van der Waals surface area contributed by atoms with Crippen molar-refractivity contribution in [2.45, 2.75) is 30.1 Å². The van der Waals surface area contributed by atoms with Crippen LogP contribution in [0, 0.1) is 0 Å². The Morgan fingerprint density at radius 3 is 2.61 bits per heavy atom. The van der Waals surface area contributed by atoms with Crippen LogP contribution in [0.4, 0.5) is 0 Å². The number of carbonyl (C=O) groups is 1. The third-order valence-electron chi connectivity index (χ3n) is 5.57. The maximum Gasteiger partial charge on any atom is 0.264 e. The number of aryl methyl sites for hydroxylation is 1. The van der Waals surface area contributed by atoms with Gasteiger partial charge in [-0.25, -0.2) is 13.1 Å². The first-order valence-electron chi connectivity index (χ1n) is 9.07. The monoisotopic (exact) mass is 395 g/mol. The van der Waals surface area contributed by atoms with Gasteiger partial charge in [0.2, 0.25) is 5.91 Å². The van der Waals surface area contributed by atoms with Crippen LogP contribution in [0.1, 0.15) is 24.5 Å². The molecule has 0 aromatic heterocycles. The van der Waals surface area contributed by atoms with E-state index in [1.807, 2.05) is 36.4 Å². The minimum Gasteiger partial charge on any atom is -0.497 e. The second kappa shape index (κ2) is 6.63. The topological polar surface area (TPSA) is 72.5 Å². The summed E-state index contributed by atoms with van der Waals surface area (Å²) in [6, 6.07) is 17.9. The molecule has 0 heterocycles. The molecule has 28 heavy (non-hydrogen) atoms. The maximum atomic E-state index is 13.1. The predicted octanol–water partition coefficient (Wildman–Crippen LogP) is 3.56. The largest absolute Gasteiger partial charge is 0.497 e. The van der Waals surface area contributed by atoms with Crippen molar-refractivity contribution >= 4 is 26.7 Å². The minimum atomic E-state index is -4.01. The van der Waals surface area contributed by atoms with Crippen molar-refractivity contribution in [2.24, 2.45) is 0 Å². The lowest BCUT2D eigenvalue weighted by atomic mass is 9.83. The fraction of sp³-hybridized carbons (Fsp3) is 0.227. The van der Waals surface area contributed by atoms with E-state index in [4.69, 9.17) is 4.74 Å². The third kappa shape index (κ3) is 2.94. The number of ether oxygens (including phenoxy) is 1. The molecule has 0 radical (unpaired) electrons. The molecule has 1 amide bonds. The Morgan fingerprint density at radius 1 is 1.07 bits per heavy atom. The Hall–Kier alpha value is -2.86. The molecule has 144 valence electrons. The molecule has 0 bridgehead atoms. The summed E-state index contributed by atoms with van der Waals surface area (Å²) in [7, 11) is -2.44. The van der Waals surface area contributed by atoms with Crippen molar-refractivity contribution in [3.63, 3.8) is 0 Å². The van der Waals surface area contributed by atoms with Gasteiger partial charge >= 0.3 is 0 Å². The molecule has 0 spiro atoms. The summed E-state index contributed by atoms with van der Waals surface area (Å²) in [4.78, 5) is 13.2. The number of benzene rings is 3. The molecule has 0 aliphatic heterocycles. The molecule has 3 aromatic carbocycles. The Morgan fingerprint density at radius 2 is 1.82 bits per heavy atom. The number of rotatable bonds is 4. The molecule has 5 nitrogen and oxygen atoms in total. The number of amides is 1. The summed E-state index contributed by atoms with van der Waals surface area (Å²) in [6.45, 7) is 1.78. The molecule has 1 aliphatic rings. The molecule has 0 unspecified atom stereocenters. The minimum absolute atomic E-state index is 0.103. The number of sulfonamides is 1. The van der Waals surface area contributed by atoms with Crippen LogP contribution in [0.5, 0.6) is 5.75 Å². The first-order valence-corrected chi connectivity index (χ1v) is 10.6. The van der Waals surface area contributed by atoms with Gasteiger partial charge < -0.3 is 4.74 Å². The number of fused-ring (bicyclic) bond motifs is 2. The molecule has 0 saturated heterocycles. The lowest BCUT2D eigenvalue weighted by Crippen LogP contribution is -2.43. The van der Waals surface area contributed by atoms with Crippen LogP contribution in [0.2, 0.25) is 0 Å². The highest BCUT2D eigenvalue weighted by atomic mass is 32.2. The Bertz CT molecular complexity index is 1180. The van der Waals surface area contributed by atoms with Gasteiger partial charge in [-0.05, 0) is 54.5 Å². The Labute approximate surface area is 164 Å². The number of methoxy groups -OCH3 is 1. The molecule has 3 aromatic rings. The lowest BCUT2D eigenvalue weighted by Gasteiger charge is -2.24. The van der Waals surface area contributed by atoms with Gasteiger partial charge in [0.15, 0.2) is 0 Å². The fourth-order valence-electron chi connectivity index (χ4n) is 3.89. The van der Waals surface area contributed by atoms with E-state index in [2.05, 4.69) is 4.72 Å². The summed E-state index contributed by atoms with van der Waals surface area (Å²) in [6.07, 6.45) is 1.27. The van der Waals surface area contributed by atoms with Crippen molar-refractivity contribution < 1.29 is 17.9 Å². The van der Waals surface area contributed by atoms with E-state index in [1.165, 1.54) is 6.07 Å². The van der Waals surface area contributed by atoms with Gasteiger partial charge in [0.05, 0.1) is 17.4 Å². The normalized spacial score (nSPS) is 18.6. The van der Waals surface area contributed by atoms with Gasteiger partial charge in [0, 0.05) is 5.39 Å². The summed E-state index contributed by atoms with van der Waals surface area (Å²) in [5.41, 5.74) is 0.931. The molecule has 0 fully saturated rings. The van der Waals surface area contributed by atoms with Crippen LogP contribution in [-0.2, 0) is 26.7 Å². The van der Waals surface area contributed by atoms with Gasteiger partial charge in [-0.3, -0.25) is 4.79 Å². The van der Waals surface area contributed by atoms with E-state index in [0.717, 1.165) is 22.9 Å². The zero-order chi connectivity index (χ0) is 19.9. The molecule has 1 atom stereocenters. The van der Waals surface area contributed by atoms with E-state index in [-0.39, 0.29) is 4.90 Å². The second-order valence-corrected chi connectivity index (χ2v) is 8.92. The molecule has 1 N–H and O–H groups in total. The first kappa shape index (κ1) is 18.5. The molecule has 6 heteroatoms. The smallest absolute Gasteiger partial charge is 0.264 e. The Kier molecular flexibility index (Phi) is 4.38. The third-order valence-corrected chi connectivity index (χ3v) is 6.96. The Balaban J connectivity index is 1.71. The number of hydrogen-bond donors (Lipinski definition) is 1. The number of carbonyl (C=O) groups excluding carboxylic acids is 1. The average Bonchev–Trinajstić information content (AvgIpc) is 3.04. The highest BCUT2D eigenvalue weighted by Crippen LogP contribution is 2.41. The van der Waals surface area contributed by atoms with Gasteiger partial charge in [-0.1, -0.05) is 42.5 Å². The standard InChI is InChI=1S/C22H21NO4S/c1-22(13-12-16-10-11-17(27-2)14-19(16)22)21(24)23-28(25,26)20-9-5-7-15-6-3-4-8-18(15)20/h3-11,14H,12-13H2,1-2H3,(H,23,24)/t22-/m1/s1. The van der Waals surface area contributed by atoms with Gasteiger partial charge in [-0.2, -0.15) is 0 Å². The lowest BCUT2D eigenvalue weighted by molar-refractivity contribution is -0.124. The van der Waals surface area contributed by atoms with E-state index in [1.54, 1.807) is 32.2 Å².